The lowest BCUT2D eigenvalue weighted by atomic mass is 9.90. The Morgan fingerprint density at radius 3 is 2.45 bits per heavy atom. The van der Waals surface area contributed by atoms with E-state index in [1.807, 2.05) is 13.0 Å². The van der Waals surface area contributed by atoms with Crippen molar-refractivity contribution >= 4 is 11.8 Å². The highest BCUT2D eigenvalue weighted by atomic mass is 32.2. The van der Waals surface area contributed by atoms with Crippen molar-refractivity contribution in [3.8, 4) is 0 Å². The molecular weight excluding hydrogens is 300 g/mol. The number of hydrogen-bond donors (Lipinski definition) is 1. The number of hydrogen-bond acceptors (Lipinski definition) is 2. The van der Waals surface area contributed by atoms with E-state index in [0.717, 1.165) is 42.0 Å². The van der Waals surface area contributed by atoms with Crippen molar-refractivity contribution in [1.82, 2.24) is 5.32 Å². The average molecular weight is 319 g/mol. The van der Waals surface area contributed by atoms with Gasteiger partial charge in [-0.25, -0.2) is 8.78 Å². The van der Waals surface area contributed by atoms with Gasteiger partial charge in [0.1, 0.15) is 11.6 Å². The number of nitrogens with one attached hydrogen (secondary N) is 1. The zero-order valence-corrected chi connectivity index (χ0v) is 13.4. The van der Waals surface area contributed by atoms with Crippen molar-refractivity contribution in [2.45, 2.75) is 35.5 Å². The highest BCUT2D eigenvalue weighted by Gasteiger charge is 2.20. The minimum absolute atomic E-state index is 0.217. The summed E-state index contributed by atoms with van der Waals surface area (Å²) in [7, 11) is 0. The van der Waals surface area contributed by atoms with Gasteiger partial charge >= 0.3 is 0 Å². The molecule has 0 amide bonds. The topological polar surface area (TPSA) is 12.0 Å². The van der Waals surface area contributed by atoms with Gasteiger partial charge in [-0.2, -0.15) is 0 Å². The Labute approximate surface area is 134 Å². The van der Waals surface area contributed by atoms with Crippen molar-refractivity contribution in [2.24, 2.45) is 0 Å². The number of rotatable bonds is 3. The summed E-state index contributed by atoms with van der Waals surface area (Å²) in [5.74, 6) is -0.0965. The quantitative estimate of drug-likeness (QED) is 0.864. The standard InChI is InChI=1S/C18H19F2NS/c1-12-2-4-18(16(20)10-12)22-17-5-3-14(19)11-15(17)13-6-8-21-9-7-13/h2-5,10-11,13,21H,6-9H2,1H3. The van der Waals surface area contributed by atoms with Crippen LogP contribution in [0.3, 0.4) is 0 Å². The summed E-state index contributed by atoms with van der Waals surface area (Å²) in [6, 6.07) is 10.1. The van der Waals surface area contributed by atoms with Gasteiger partial charge in [-0.1, -0.05) is 17.8 Å². The smallest absolute Gasteiger partial charge is 0.137 e. The molecule has 3 rings (SSSR count). The van der Waals surface area contributed by atoms with E-state index in [1.54, 1.807) is 18.2 Å². The van der Waals surface area contributed by atoms with Crippen molar-refractivity contribution in [3.05, 3.63) is 59.2 Å². The van der Waals surface area contributed by atoms with E-state index >= 15 is 0 Å². The van der Waals surface area contributed by atoms with Gasteiger partial charge in [-0.3, -0.25) is 0 Å². The SMILES string of the molecule is Cc1ccc(Sc2ccc(F)cc2C2CCNCC2)c(F)c1. The largest absolute Gasteiger partial charge is 0.317 e. The molecule has 2 aromatic rings. The molecular formula is C18H19F2NS. The second-order valence-electron chi connectivity index (χ2n) is 5.74. The average Bonchev–Trinajstić information content (AvgIpc) is 2.52. The molecule has 1 N–H and O–H groups in total. The van der Waals surface area contributed by atoms with Gasteiger partial charge in [-0.15, -0.1) is 0 Å². The molecule has 1 heterocycles. The molecule has 1 saturated heterocycles. The number of benzene rings is 2. The first kappa shape index (κ1) is 15.5. The van der Waals surface area contributed by atoms with Crippen LogP contribution in [0.2, 0.25) is 0 Å². The molecule has 0 atom stereocenters. The Morgan fingerprint density at radius 1 is 1.00 bits per heavy atom. The molecule has 0 spiro atoms. The third kappa shape index (κ3) is 3.50. The Hall–Kier alpha value is -1.39. The number of aryl methyl sites for hydroxylation is 1. The maximum Gasteiger partial charge on any atom is 0.137 e. The van der Waals surface area contributed by atoms with Crippen LogP contribution in [0.5, 0.6) is 0 Å². The predicted octanol–water partition coefficient (Wildman–Crippen LogP) is 4.89. The van der Waals surface area contributed by atoms with Crippen LogP contribution in [0.25, 0.3) is 0 Å². The zero-order chi connectivity index (χ0) is 15.5. The molecule has 0 aromatic heterocycles. The fourth-order valence-electron chi connectivity index (χ4n) is 2.87. The minimum Gasteiger partial charge on any atom is -0.317 e. The summed E-state index contributed by atoms with van der Waals surface area (Å²) in [5.41, 5.74) is 1.91. The summed E-state index contributed by atoms with van der Waals surface area (Å²) >= 11 is 1.39. The Kier molecular flexibility index (Phi) is 4.79. The Morgan fingerprint density at radius 2 is 1.73 bits per heavy atom. The maximum absolute atomic E-state index is 14.1. The molecule has 1 aliphatic heterocycles. The van der Waals surface area contributed by atoms with Crippen LogP contribution in [0.15, 0.2) is 46.2 Å². The normalized spacial score (nSPS) is 16.0. The van der Waals surface area contributed by atoms with Crippen LogP contribution in [0.4, 0.5) is 8.78 Å². The molecule has 4 heteroatoms. The first-order chi connectivity index (χ1) is 10.6. The molecule has 0 unspecified atom stereocenters. The van der Waals surface area contributed by atoms with Gasteiger partial charge in [0.2, 0.25) is 0 Å². The first-order valence-corrected chi connectivity index (χ1v) is 8.39. The zero-order valence-electron chi connectivity index (χ0n) is 12.5. The summed E-state index contributed by atoms with van der Waals surface area (Å²) in [5, 5.41) is 3.32. The van der Waals surface area contributed by atoms with Crippen LogP contribution >= 0.6 is 11.8 Å². The molecule has 1 nitrogen and oxygen atoms in total. The van der Waals surface area contributed by atoms with Gasteiger partial charge in [0.15, 0.2) is 0 Å². The third-order valence-corrected chi connectivity index (χ3v) is 5.20. The van der Waals surface area contributed by atoms with Crippen molar-refractivity contribution in [3.63, 3.8) is 0 Å². The van der Waals surface area contributed by atoms with Gasteiger partial charge in [0, 0.05) is 9.79 Å². The maximum atomic E-state index is 14.1. The molecule has 0 aliphatic carbocycles. The van der Waals surface area contributed by atoms with E-state index in [2.05, 4.69) is 5.32 Å². The number of halogens is 2. The molecule has 22 heavy (non-hydrogen) atoms. The fourth-order valence-corrected chi connectivity index (χ4v) is 3.88. The van der Waals surface area contributed by atoms with Crippen LogP contribution in [0, 0.1) is 18.6 Å². The molecule has 2 aromatic carbocycles. The van der Waals surface area contributed by atoms with E-state index in [4.69, 9.17) is 0 Å². The third-order valence-electron chi connectivity index (χ3n) is 4.06. The van der Waals surface area contributed by atoms with Crippen LogP contribution in [0.1, 0.15) is 29.9 Å². The lowest BCUT2D eigenvalue weighted by Crippen LogP contribution is -2.26. The van der Waals surface area contributed by atoms with E-state index in [9.17, 15) is 8.78 Å². The van der Waals surface area contributed by atoms with E-state index in [-0.39, 0.29) is 11.6 Å². The van der Waals surface area contributed by atoms with Crippen LogP contribution in [-0.2, 0) is 0 Å². The highest BCUT2D eigenvalue weighted by molar-refractivity contribution is 7.99. The lowest BCUT2D eigenvalue weighted by Gasteiger charge is -2.25. The second kappa shape index (κ2) is 6.80. The van der Waals surface area contributed by atoms with Gasteiger partial charge < -0.3 is 5.32 Å². The van der Waals surface area contributed by atoms with Crippen molar-refractivity contribution < 1.29 is 8.78 Å². The molecule has 0 radical (unpaired) electrons. The van der Waals surface area contributed by atoms with Gasteiger partial charge in [-0.05, 0) is 80.2 Å². The fraction of sp³-hybridized carbons (Fsp3) is 0.333. The first-order valence-electron chi connectivity index (χ1n) is 7.57. The molecule has 0 saturated carbocycles. The molecule has 1 fully saturated rings. The van der Waals surface area contributed by atoms with E-state index in [1.165, 1.54) is 23.9 Å². The molecule has 1 aliphatic rings. The van der Waals surface area contributed by atoms with Gasteiger partial charge in [0.05, 0.1) is 0 Å². The summed E-state index contributed by atoms with van der Waals surface area (Å²) < 4.78 is 27.8. The highest BCUT2D eigenvalue weighted by Crippen LogP contribution is 2.38. The predicted molar refractivity (Wildman–Crippen MR) is 86.5 cm³/mol. The van der Waals surface area contributed by atoms with Crippen molar-refractivity contribution in [2.75, 3.05) is 13.1 Å². The van der Waals surface area contributed by atoms with Gasteiger partial charge in [0.25, 0.3) is 0 Å². The van der Waals surface area contributed by atoms with E-state index in [0.29, 0.717) is 10.8 Å². The van der Waals surface area contributed by atoms with Crippen LogP contribution in [-0.4, -0.2) is 13.1 Å². The lowest BCUT2D eigenvalue weighted by molar-refractivity contribution is 0.454. The van der Waals surface area contributed by atoms with E-state index < -0.39 is 0 Å². The molecule has 0 bridgehead atoms. The summed E-state index contributed by atoms with van der Waals surface area (Å²) in [6.07, 6.45) is 1.99. The van der Waals surface area contributed by atoms with Crippen LogP contribution < -0.4 is 5.32 Å². The summed E-state index contributed by atoms with van der Waals surface area (Å²) in [6.45, 7) is 3.77. The monoisotopic (exact) mass is 319 g/mol. The summed E-state index contributed by atoms with van der Waals surface area (Å²) in [4.78, 5) is 1.54. The Balaban J connectivity index is 1.92. The Bertz CT molecular complexity index is 666. The second-order valence-corrected chi connectivity index (χ2v) is 6.83. The molecule has 116 valence electrons. The van der Waals surface area contributed by atoms with Crippen molar-refractivity contribution in [1.29, 1.82) is 0 Å². The minimum atomic E-state index is -0.220. The number of piperidine rings is 1.